The first kappa shape index (κ1) is 15.0. The van der Waals surface area contributed by atoms with Gasteiger partial charge in [-0.3, -0.25) is 0 Å². The Labute approximate surface area is 119 Å². The largest absolute Gasteiger partial charge is 0.505 e. The molecule has 1 aliphatic heterocycles. The van der Waals surface area contributed by atoms with Crippen LogP contribution in [0.25, 0.3) is 0 Å². The van der Waals surface area contributed by atoms with E-state index < -0.39 is 34.7 Å². The minimum absolute atomic E-state index is 0.0304. The summed E-state index contributed by atoms with van der Waals surface area (Å²) in [5.74, 6) is -5.69. The number of halogens is 3. The van der Waals surface area contributed by atoms with Crippen molar-refractivity contribution in [2.75, 3.05) is 6.61 Å². The van der Waals surface area contributed by atoms with Gasteiger partial charge in [-0.1, -0.05) is 13.2 Å². The maximum Gasteiger partial charge on any atom is 0.206 e. The van der Waals surface area contributed by atoms with Gasteiger partial charge in [0.2, 0.25) is 17.5 Å². The van der Waals surface area contributed by atoms with Gasteiger partial charge in [0.15, 0.2) is 17.3 Å². The SMILES string of the molecule is C=C(O)/C(F)=C1/Oc2c(cc(OCC)c(F)c2F)CC1=C. The second kappa shape index (κ2) is 5.55. The Morgan fingerprint density at radius 1 is 1.43 bits per heavy atom. The minimum Gasteiger partial charge on any atom is -0.505 e. The monoisotopic (exact) mass is 298 g/mol. The number of allylic oxidation sites excluding steroid dienone is 2. The molecule has 0 saturated carbocycles. The molecule has 21 heavy (non-hydrogen) atoms. The molecule has 2 rings (SSSR count). The number of benzene rings is 1. The highest BCUT2D eigenvalue weighted by Crippen LogP contribution is 2.40. The van der Waals surface area contributed by atoms with Crippen LogP contribution in [0, 0.1) is 11.6 Å². The highest BCUT2D eigenvalue weighted by molar-refractivity contribution is 5.52. The molecule has 0 fully saturated rings. The molecule has 6 heteroatoms. The normalized spacial score (nSPS) is 16.1. The predicted molar refractivity (Wildman–Crippen MR) is 70.9 cm³/mol. The van der Waals surface area contributed by atoms with Crippen LogP contribution in [-0.2, 0) is 6.42 Å². The van der Waals surface area contributed by atoms with Gasteiger partial charge in [-0.25, -0.2) is 0 Å². The van der Waals surface area contributed by atoms with Crippen LogP contribution < -0.4 is 9.47 Å². The fourth-order valence-corrected chi connectivity index (χ4v) is 1.95. The summed E-state index contributed by atoms with van der Waals surface area (Å²) in [6.45, 7) is 8.41. The number of ether oxygens (including phenoxy) is 2. The second-order valence-electron chi connectivity index (χ2n) is 4.40. The first-order chi connectivity index (χ1) is 9.86. The number of aliphatic hydroxyl groups is 1. The number of hydrogen-bond acceptors (Lipinski definition) is 3. The third-order valence-corrected chi connectivity index (χ3v) is 2.89. The van der Waals surface area contributed by atoms with E-state index in [0.29, 0.717) is 0 Å². The molecule has 3 nitrogen and oxygen atoms in total. The Kier molecular flexibility index (Phi) is 3.97. The third kappa shape index (κ3) is 2.61. The van der Waals surface area contributed by atoms with Crippen molar-refractivity contribution in [3.8, 4) is 11.5 Å². The third-order valence-electron chi connectivity index (χ3n) is 2.89. The highest BCUT2D eigenvalue weighted by Gasteiger charge is 2.29. The summed E-state index contributed by atoms with van der Waals surface area (Å²) in [6, 6.07) is 1.28. The Hall–Kier alpha value is -2.37. The van der Waals surface area contributed by atoms with Gasteiger partial charge in [0.1, 0.15) is 5.76 Å². The first-order valence-electron chi connectivity index (χ1n) is 6.14. The molecule has 0 unspecified atom stereocenters. The zero-order chi connectivity index (χ0) is 15.7. The molecular formula is C15H13F3O3. The molecule has 0 bridgehead atoms. The van der Waals surface area contributed by atoms with E-state index in [2.05, 4.69) is 13.2 Å². The van der Waals surface area contributed by atoms with Crippen molar-refractivity contribution < 1.29 is 27.8 Å². The summed E-state index contributed by atoms with van der Waals surface area (Å²) >= 11 is 0. The van der Waals surface area contributed by atoms with Crippen molar-refractivity contribution in [2.24, 2.45) is 0 Å². The van der Waals surface area contributed by atoms with Gasteiger partial charge >= 0.3 is 0 Å². The predicted octanol–water partition coefficient (Wildman–Crippen LogP) is 4.11. The highest BCUT2D eigenvalue weighted by atomic mass is 19.2. The van der Waals surface area contributed by atoms with Gasteiger partial charge in [0.05, 0.1) is 6.61 Å². The van der Waals surface area contributed by atoms with Crippen molar-refractivity contribution in [1.29, 1.82) is 0 Å². The molecule has 1 aliphatic rings. The van der Waals surface area contributed by atoms with Gasteiger partial charge in [-0.15, -0.1) is 0 Å². The van der Waals surface area contributed by atoms with Crippen molar-refractivity contribution in [3.05, 3.63) is 59.3 Å². The van der Waals surface area contributed by atoms with Gasteiger partial charge < -0.3 is 14.6 Å². The molecule has 1 aromatic carbocycles. The summed E-state index contributed by atoms with van der Waals surface area (Å²) in [7, 11) is 0. The van der Waals surface area contributed by atoms with Crippen LogP contribution in [0.3, 0.4) is 0 Å². The van der Waals surface area contributed by atoms with Crippen LogP contribution in [0.5, 0.6) is 11.5 Å². The smallest absolute Gasteiger partial charge is 0.206 e. The summed E-state index contributed by atoms with van der Waals surface area (Å²) in [5.41, 5.74) is 0.450. The lowest BCUT2D eigenvalue weighted by Gasteiger charge is -2.23. The summed E-state index contributed by atoms with van der Waals surface area (Å²) in [5, 5.41) is 9.04. The second-order valence-corrected chi connectivity index (χ2v) is 4.40. The van der Waals surface area contributed by atoms with Gasteiger partial charge in [0, 0.05) is 12.0 Å². The van der Waals surface area contributed by atoms with E-state index >= 15 is 0 Å². The molecule has 0 aliphatic carbocycles. The molecule has 0 saturated heterocycles. The molecule has 1 N–H and O–H groups in total. The van der Waals surface area contributed by atoms with Gasteiger partial charge in [-0.2, -0.15) is 13.2 Å². The molecule has 0 aromatic heterocycles. The molecule has 112 valence electrons. The van der Waals surface area contributed by atoms with Crippen molar-refractivity contribution in [3.63, 3.8) is 0 Å². The lowest BCUT2D eigenvalue weighted by molar-refractivity contribution is 0.299. The number of fused-ring (bicyclic) bond motifs is 1. The maximum atomic E-state index is 14.0. The average molecular weight is 298 g/mol. The van der Waals surface area contributed by atoms with E-state index in [0.717, 1.165) is 0 Å². The van der Waals surface area contributed by atoms with E-state index in [1.54, 1.807) is 6.92 Å². The van der Waals surface area contributed by atoms with Gasteiger partial charge in [0.25, 0.3) is 0 Å². The summed E-state index contributed by atoms with van der Waals surface area (Å²) < 4.78 is 51.5. The molecule has 0 atom stereocenters. The zero-order valence-electron chi connectivity index (χ0n) is 11.3. The molecule has 0 radical (unpaired) electrons. The van der Waals surface area contributed by atoms with E-state index in [1.807, 2.05) is 0 Å². The number of hydrogen-bond donors (Lipinski definition) is 1. The molecule has 1 aromatic rings. The number of rotatable bonds is 3. The van der Waals surface area contributed by atoms with Crippen molar-refractivity contribution >= 4 is 0 Å². The van der Waals surface area contributed by atoms with E-state index in [1.165, 1.54) is 6.07 Å². The van der Waals surface area contributed by atoms with Crippen molar-refractivity contribution in [2.45, 2.75) is 13.3 Å². The van der Waals surface area contributed by atoms with E-state index in [9.17, 15) is 13.2 Å². The Balaban J connectivity index is 2.56. The van der Waals surface area contributed by atoms with Crippen LogP contribution >= 0.6 is 0 Å². The van der Waals surface area contributed by atoms with E-state index in [-0.39, 0.29) is 29.9 Å². The van der Waals surface area contributed by atoms with Crippen LogP contribution in [0.2, 0.25) is 0 Å². The fourth-order valence-electron chi connectivity index (χ4n) is 1.95. The van der Waals surface area contributed by atoms with E-state index in [4.69, 9.17) is 14.6 Å². The average Bonchev–Trinajstić information content (AvgIpc) is 2.43. The van der Waals surface area contributed by atoms with Gasteiger partial charge in [-0.05, 0) is 18.6 Å². The zero-order valence-corrected chi connectivity index (χ0v) is 11.3. The quantitative estimate of drug-likeness (QED) is 0.854. The van der Waals surface area contributed by atoms with Crippen molar-refractivity contribution in [1.82, 2.24) is 0 Å². The first-order valence-corrected chi connectivity index (χ1v) is 6.14. The summed E-state index contributed by atoms with van der Waals surface area (Å²) in [6.07, 6.45) is 0.0304. The Bertz CT molecular complexity index is 663. The van der Waals surface area contributed by atoms with Crippen LogP contribution in [0.4, 0.5) is 13.2 Å². The maximum absolute atomic E-state index is 14.0. The Morgan fingerprint density at radius 2 is 2.10 bits per heavy atom. The lowest BCUT2D eigenvalue weighted by atomic mass is 9.99. The van der Waals surface area contributed by atoms with Crippen LogP contribution in [0.1, 0.15) is 12.5 Å². The topological polar surface area (TPSA) is 38.7 Å². The lowest BCUT2D eigenvalue weighted by Crippen LogP contribution is -2.14. The summed E-state index contributed by atoms with van der Waals surface area (Å²) in [4.78, 5) is 0. The number of aliphatic hydroxyl groups excluding tert-OH is 1. The molecule has 0 amide bonds. The fraction of sp³-hybridized carbons (Fsp3) is 0.200. The van der Waals surface area contributed by atoms with Crippen LogP contribution in [-0.4, -0.2) is 11.7 Å². The molecular weight excluding hydrogens is 285 g/mol. The molecule has 0 spiro atoms. The standard InChI is InChI=1S/C15H13F3O3/c1-4-20-10-6-9-5-7(2)14(11(16)8(3)19)21-15(9)13(18)12(10)17/h6,19H,2-5H2,1H3/b14-11-. The van der Waals surface area contributed by atoms with Crippen LogP contribution in [0.15, 0.2) is 42.1 Å². The minimum atomic E-state index is -1.28. The Morgan fingerprint density at radius 3 is 2.67 bits per heavy atom. The molecule has 1 heterocycles.